The fraction of sp³-hybridized carbons (Fsp3) is 0.217. The van der Waals surface area contributed by atoms with Crippen molar-refractivity contribution in [3.8, 4) is 11.4 Å². The van der Waals surface area contributed by atoms with Gasteiger partial charge in [0.2, 0.25) is 0 Å². The number of hydrogen-bond acceptors (Lipinski definition) is 7. The molecule has 0 spiro atoms. The number of benzene rings is 1. The van der Waals surface area contributed by atoms with Crippen LogP contribution in [0, 0.1) is 6.92 Å². The molecule has 1 aromatic carbocycles. The summed E-state index contributed by atoms with van der Waals surface area (Å²) < 4.78 is 6.74. The minimum atomic E-state index is -0.531. The summed E-state index contributed by atoms with van der Waals surface area (Å²) in [6.45, 7) is 1.93. The molecule has 0 atom stereocenters. The van der Waals surface area contributed by atoms with E-state index in [4.69, 9.17) is 14.9 Å². The summed E-state index contributed by atoms with van der Waals surface area (Å²) >= 11 is 1.61. The third-order valence-electron chi connectivity index (χ3n) is 5.93. The summed E-state index contributed by atoms with van der Waals surface area (Å²) in [5.41, 5.74) is 6.68. The first-order valence-electron chi connectivity index (χ1n) is 10.1. The Hall–Kier alpha value is -3.56. The first-order valence-corrected chi connectivity index (χ1v) is 10.9. The zero-order valence-electron chi connectivity index (χ0n) is 17.5. The number of aromatic nitrogens is 3. The first kappa shape index (κ1) is 20.3. The van der Waals surface area contributed by atoms with E-state index in [1.54, 1.807) is 41.1 Å². The van der Waals surface area contributed by atoms with Crippen molar-refractivity contribution in [1.29, 1.82) is 0 Å². The van der Waals surface area contributed by atoms with Crippen LogP contribution in [-0.2, 0) is 10.2 Å². The van der Waals surface area contributed by atoms with Crippen LogP contribution >= 0.6 is 11.3 Å². The maximum atomic E-state index is 11.8. The number of amides is 1. The number of hydroxylamine groups is 1. The number of rotatable bonds is 5. The van der Waals surface area contributed by atoms with Crippen LogP contribution in [0.5, 0.6) is 0 Å². The van der Waals surface area contributed by atoms with Gasteiger partial charge >= 0.3 is 5.97 Å². The summed E-state index contributed by atoms with van der Waals surface area (Å²) in [6.07, 6.45) is 3.79. The van der Waals surface area contributed by atoms with Crippen molar-refractivity contribution in [2.45, 2.75) is 25.2 Å². The van der Waals surface area contributed by atoms with Crippen LogP contribution in [0.1, 0.15) is 49.8 Å². The molecule has 1 amide bonds. The number of nitrogens with zero attached hydrogens (tertiary/aromatic N) is 3. The second-order valence-electron chi connectivity index (χ2n) is 7.82. The van der Waals surface area contributed by atoms with E-state index in [9.17, 15) is 9.59 Å². The number of fused-ring (bicyclic) bond motifs is 1. The lowest BCUT2D eigenvalue weighted by atomic mass is 9.95. The number of aryl methyl sites for hydroxylation is 1. The van der Waals surface area contributed by atoms with E-state index in [0.717, 1.165) is 40.5 Å². The Labute approximate surface area is 187 Å². The summed E-state index contributed by atoms with van der Waals surface area (Å²) in [7, 11) is 1.36. The maximum Gasteiger partial charge on any atom is 0.338 e. The highest BCUT2D eigenvalue weighted by atomic mass is 32.1. The number of carbonyl (C=O) groups excluding carboxylic acids is 2. The second-order valence-corrected chi connectivity index (χ2v) is 8.68. The average Bonchev–Trinajstić information content (AvgIpc) is 3.36. The van der Waals surface area contributed by atoms with Gasteiger partial charge in [0.05, 0.1) is 24.1 Å². The molecule has 0 unspecified atom stereocenters. The van der Waals surface area contributed by atoms with Gasteiger partial charge in [0.25, 0.3) is 5.91 Å². The van der Waals surface area contributed by atoms with Crippen LogP contribution in [0.25, 0.3) is 17.0 Å². The highest BCUT2D eigenvalue weighted by molar-refractivity contribution is 7.10. The molecule has 0 saturated heterocycles. The van der Waals surface area contributed by atoms with E-state index in [1.807, 2.05) is 35.0 Å². The number of hydrogen-bond donors (Lipinski definition) is 2. The lowest BCUT2D eigenvalue weighted by Gasteiger charge is -2.13. The molecule has 1 aliphatic rings. The molecular weight excluding hydrogens is 428 g/mol. The number of nitrogens with one attached hydrogen (secondary N) is 1. The Morgan fingerprint density at radius 2 is 1.91 bits per heavy atom. The smallest absolute Gasteiger partial charge is 0.338 e. The van der Waals surface area contributed by atoms with Gasteiger partial charge in [-0.25, -0.2) is 20.2 Å². The predicted octanol–water partition coefficient (Wildman–Crippen LogP) is 3.75. The van der Waals surface area contributed by atoms with Crippen molar-refractivity contribution >= 4 is 28.9 Å². The molecule has 0 bridgehead atoms. The second kappa shape index (κ2) is 7.54. The maximum absolute atomic E-state index is 11.8. The van der Waals surface area contributed by atoms with Crippen molar-refractivity contribution < 1.29 is 19.5 Å². The van der Waals surface area contributed by atoms with Gasteiger partial charge in [-0.15, -0.1) is 11.3 Å². The van der Waals surface area contributed by atoms with Gasteiger partial charge in [-0.3, -0.25) is 14.4 Å². The number of ether oxygens (including phenoxy) is 1. The number of methoxy groups -OCH3 is 1. The third-order valence-corrected chi connectivity index (χ3v) is 6.98. The Morgan fingerprint density at radius 1 is 1.16 bits per heavy atom. The molecule has 162 valence electrons. The van der Waals surface area contributed by atoms with Crippen molar-refractivity contribution in [2.75, 3.05) is 7.11 Å². The van der Waals surface area contributed by atoms with E-state index in [0.29, 0.717) is 16.8 Å². The third kappa shape index (κ3) is 3.17. The van der Waals surface area contributed by atoms with Crippen LogP contribution in [0.3, 0.4) is 0 Å². The molecule has 8 nitrogen and oxygen atoms in total. The molecule has 32 heavy (non-hydrogen) atoms. The Bertz CT molecular complexity index is 1350. The minimum Gasteiger partial charge on any atom is -0.465 e. The molecule has 0 radical (unpaired) electrons. The van der Waals surface area contributed by atoms with E-state index in [-0.39, 0.29) is 5.41 Å². The van der Waals surface area contributed by atoms with E-state index in [2.05, 4.69) is 4.98 Å². The molecule has 3 aromatic heterocycles. The fourth-order valence-corrected chi connectivity index (χ4v) is 5.16. The van der Waals surface area contributed by atoms with Gasteiger partial charge in [-0.2, -0.15) is 0 Å². The lowest BCUT2D eigenvalue weighted by Crippen LogP contribution is -2.18. The number of thiazole rings is 1. The average molecular weight is 449 g/mol. The zero-order valence-corrected chi connectivity index (χ0v) is 18.3. The molecular formula is C23H20N4O4S. The van der Waals surface area contributed by atoms with Crippen LogP contribution < -0.4 is 5.48 Å². The van der Waals surface area contributed by atoms with Crippen LogP contribution in [0.2, 0.25) is 0 Å². The van der Waals surface area contributed by atoms with Crippen LogP contribution in [0.4, 0.5) is 0 Å². The van der Waals surface area contributed by atoms with Gasteiger partial charge in [-0.1, -0.05) is 12.1 Å². The number of imidazole rings is 1. The zero-order chi connectivity index (χ0) is 22.5. The predicted molar refractivity (Wildman–Crippen MR) is 118 cm³/mol. The highest BCUT2D eigenvalue weighted by Crippen LogP contribution is 2.54. The molecule has 1 saturated carbocycles. The fourth-order valence-electron chi connectivity index (χ4n) is 4.07. The quantitative estimate of drug-likeness (QED) is 0.274. The molecule has 4 aromatic rings. The van der Waals surface area contributed by atoms with E-state index < -0.39 is 11.9 Å². The van der Waals surface area contributed by atoms with Gasteiger partial charge in [0, 0.05) is 22.6 Å². The number of esters is 1. The minimum absolute atomic E-state index is 0.149. The molecule has 0 aliphatic heterocycles. The molecule has 3 heterocycles. The highest BCUT2D eigenvalue weighted by Gasteiger charge is 2.48. The van der Waals surface area contributed by atoms with Gasteiger partial charge in [0.15, 0.2) is 0 Å². The molecule has 5 rings (SSSR count). The lowest BCUT2D eigenvalue weighted by molar-refractivity contribution is 0.0600. The van der Waals surface area contributed by atoms with Gasteiger partial charge in [-0.05, 0) is 49.6 Å². The topological polar surface area (TPSA) is 106 Å². The van der Waals surface area contributed by atoms with Crippen molar-refractivity contribution in [3.05, 3.63) is 75.4 Å². The Balaban J connectivity index is 1.50. The van der Waals surface area contributed by atoms with E-state index in [1.165, 1.54) is 7.11 Å². The monoisotopic (exact) mass is 448 g/mol. The standard InChI is InChI=1S/C23H20N4O4S/c1-13-19(27-10-7-15(21(29)31-2)11-18(27)24-13)17-12-32-22(25-17)23(8-9-23)16-5-3-14(4-6-16)20(28)26-30/h3-7,10-12,30H,8-9H2,1-2H3,(H,26,28). The SMILES string of the molecule is COC(=O)c1ccn2c(-c3csc(C4(c5ccc(C(=O)NO)cc5)CC4)n3)c(C)nc2c1. The molecule has 9 heteroatoms. The summed E-state index contributed by atoms with van der Waals surface area (Å²) in [5.74, 6) is -0.930. The number of carbonyl (C=O) groups is 2. The van der Waals surface area contributed by atoms with Crippen molar-refractivity contribution in [1.82, 2.24) is 19.8 Å². The van der Waals surface area contributed by atoms with Crippen LogP contribution in [0.15, 0.2) is 48.0 Å². The van der Waals surface area contributed by atoms with Crippen LogP contribution in [-0.4, -0.2) is 38.6 Å². The summed E-state index contributed by atoms with van der Waals surface area (Å²) in [4.78, 5) is 33.0. The largest absolute Gasteiger partial charge is 0.465 e. The Kier molecular flexibility index (Phi) is 4.79. The van der Waals surface area contributed by atoms with Crippen molar-refractivity contribution in [3.63, 3.8) is 0 Å². The Morgan fingerprint density at radius 3 is 2.56 bits per heavy atom. The summed E-state index contributed by atoms with van der Waals surface area (Å²) in [6, 6.07) is 10.7. The first-order chi connectivity index (χ1) is 15.5. The van der Waals surface area contributed by atoms with Gasteiger partial charge < -0.3 is 4.74 Å². The molecule has 1 aliphatic carbocycles. The summed E-state index contributed by atoms with van der Waals surface area (Å²) in [5, 5.41) is 11.9. The molecule has 2 N–H and O–H groups in total. The number of pyridine rings is 1. The normalized spacial score (nSPS) is 14.3. The molecule has 1 fully saturated rings. The van der Waals surface area contributed by atoms with Crippen molar-refractivity contribution in [2.24, 2.45) is 0 Å². The van der Waals surface area contributed by atoms with E-state index >= 15 is 0 Å². The van der Waals surface area contributed by atoms with Gasteiger partial charge in [0.1, 0.15) is 16.3 Å².